The summed E-state index contributed by atoms with van der Waals surface area (Å²) in [4.78, 5) is 41.8. The maximum Gasteiger partial charge on any atom is 0.303 e. The standard InChI is InChI=1S/C16H19N3O4S2/c20-13-8-12(17-16-19(13)5-6-25-16)9-24-10-14(21)18-3-1-11(2-4-18)7-15(22)23/h5-6,8,11H,1-4,7,9-10H2,(H,22,23). The lowest BCUT2D eigenvalue weighted by Crippen LogP contribution is -2.39. The molecule has 1 amide bonds. The summed E-state index contributed by atoms with van der Waals surface area (Å²) < 4.78 is 1.51. The zero-order valence-corrected chi connectivity index (χ0v) is 15.2. The molecule has 7 nitrogen and oxygen atoms in total. The molecular formula is C16H19N3O4S2. The van der Waals surface area contributed by atoms with Crippen molar-refractivity contribution in [2.45, 2.75) is 25.0 Å². The minimum absolute atomic E-state index is 0.0627. The van der Waals surface area contributed by atoms with Crippen LogP contribution in [0, 0.1) is 5.92 Å². The number of aromatic nitrogens is 2. The number of nitrogens with zero attached hydrogens (tertiary/aromatic N) is 3. The van der Waals surface area contributed by atoms with Crippen LogP contribution in [0.3, 0.4) is 0 Å². The molecule has 1 aliphatic heterocycles. The topological polar surface area (TPSA) is 92.0 Å². The molecule has 0 aromatic carbocycles. The molecule has 0 saturated carbocycles. The molecule has 1 saturated heterocycles. The van der Waals surface area contributed by atoms with E-state index in [1.54, 1.807) is 11.1 Å². The second kappa shape index (κ2) is 8.01. The number of carboxylic acid groups (broad SMARTS) is 1. The van der Waals surface area contributed by atoms with Crippen molar-refractivity contribution >= 4 is 39.9 Å². The van der Waals surface area contributed by atoms with Crippen LogP contribution in [0.15, 0.2) is 22.4 Å². The molecule has 0 spiro atoms. The van der Waals surface area contributed by atoms with Crippen LogP contribution in [0.25, 0.3) is 4.96 Å². The van der Waals surface area contributed by atoms with Gasteiger partial charge >= 0.3 is 5.97 Å². The molecule has 9 heteroatoms. The van der Waals surface area contributed by atoms with E-state index >= 15 is 0 Å². The number of rotatable bonds is 6. The molecule has 0 radical (unpaired) electrons. The van der Waals surface area contributed by atoms with Gasteiger partial charge in [0, 0.05) is 42.9 Å². The Balaban J connectivity index is 1.46. The number of piperidine rings is 1. The number of hydrogen-bond donors (Lipinski definition) is 1. The molecule has 3 rings (SSSR count). The van der Waals surface area contributed by atoms with Crippen LogP contribution < -0.4 is 5.56 Å². The quantitative estimate of drug-likeness (QED) is 0.819. The maximum absolute atomic E-state index is 12.3. The van der Waals surface area contributed by atoms with Gasteiger partial charge in [-0.2, -0.15) is 0 Å². The first-order valence-electron chi connectivity index (χ1n) is 8.06. The number of carbonyl (C=O) groups excluding carboxylic acids is 1. The van der Waals surface area contributed by atoms with Gasteiger partial charge in [0.25, 0.3) is 5.56 Å². The molecule has 134 valence electrons. The van der Waals surface area contributed by atoms with Crippen molar-refractivity contribution < 1.29 is 14.7 Å². The molecule has 2 aromatic heterocycles. The fraction of sp³-hybridized carbons (Fsp3) is 0.500. The molecule has 0 aliphatic carbocycles. The Labute approximate surface area is 152 Å². The van der Waals surface area contributed by atoms with Gasteiger partial charge in [0.05, 0.1) is 11.4 Å². The Morgan fingerprint density at radius 1 is 1.36 bits per heavy atom. The average Bonchev–Trinajstić information content (AvgIpc) is 3.04. The van der Waals surface area contributed by atoms with Crippen LogP contribution in [-0.2, 0) is 15.3 Å². The Kier molecular flexibility index (Phi) is 5.74. The summed E-state index contributed by atoms with van der Waals surface area (Å²) in [5.41, 5.74) is 0.582. The van der Waals surface area contributed by atoms with Gasteiger partial charge in [0.1, 0.15) is 0 Å². The predicted molar refractivity (Wildman–Crippen MR) is 97.1 cm³/mol. The van der Waals surface area contributed by atoms with E-state index in [4.69, 9.17) is 5.11 Å². The van der Waals surface area contributed by atoms with E-state index in [-0.39, 0.29) is 23.8 Å². The van der Waals surface area contributed by atoms with Crippen LogP contribution in [0.1, 0.15) is 25.0 Å². The van der Waals surface area contributed by atoms with Gasteiger partial charge in [-0.3, -0.25) is 18.8 Å². The van der Waals surface area contributed by atoms with E-state index in [2.05, 4.69) is 4.98 Å². The summed E-state index contributed by atoms with van der Waals surface area (Å²) in [6.07, 6.45) is 3.37. The highest BCUT2D eigenvalue weighted by molar-refractivity contribution is 7.99. The molecule has 0 unspecified atom stereocenters. The van der Waals surface area contributed by atoms with Crippen LogP contribution in [0.4, 0.5) is 0 Å². The van der Waals surface area contributed by atoms with Gasteiger partial charge in [0.15, 0.2) is 4.96 Å². The van der Waals surface area contributed by atoms with Crippen molar-refractivity contribution in [3.05, 3.63) is 33.7 Å². The zero-order valence-electron chi connectivity index (χ0n) is 13.6. The van der Waals surface area contributed by atoms with Crippen molar-refractivity contribution in [2.75, 3.05) is 18.8 Å². The lowest BCUT2D eigenvalue weighted by Gasteiger charge is -2.31. The average molecular weight is 381 g/mol. The number of aliphatic carboxylic acids is 1. The summed E-state index contributed by atoms with van der Waals surface area (Å²) in [6.45, 7) is 1.25. The van der Waals surface area contributed by atoms with Crippen LogP contribution in [0.2, 0.25) is 0 Å². The molecule has 2 aromatic rings. The number of carboxylic acids is 1. The molecule has 0 bridgehead atoms. The van der Waals surface area contributed by atoms with Gasteiger partial charge in [0.2, 0.25) is 5.91 Å². The third kappa shape index (κ3) is 4.60. The van der Waals surface area contributed by atoms with Crippen molar-refractivity contribution in [1.29, 1.82) is 0 Å². The number of thiazole rings is 1. The predicted octanol–water partition coefficient (Wildman–Crippen LogP) is 1.70. The Hall–Kier alpha value is -1.87. The molecule has 3 heterocycles. The summed E-state index contributed by atoms with van der Waals surface area (Å²) in [5.74, 6) is 0.322. The number of carbonyl (C=O) groups is 2. The molecule has 0 atom stereocenters. The highest BCUT2D eigenvalue weighted by Gasteiger charge is 2.24. The Morgan fingerprint density at radius 3 is 2.84 bits per heavy atom. The Morgan fingerprint density at radius 2 is 2.12 bits per heavy atom. The minimum Gasteiger partial charge on any atom is -0.481 e. The summed E-state index contributed by atoms with van der Waals surface area (Å²) in [6, 6.07) is 1.51. The third-order valence-electron chi connectivity index (χ3n) is 4.26. The molecule has 1 aliphatic rings. The van der Waals surface area contributed by atoms with E-state index < -0.39 is 5.97 Å². The number of thioether (sulfide) groups is 1. The maximum atomic E-state index is 12.3. The third-order valence-corrected chi connectivity index (χ3v) is 5.97. The zero-order chi connectivity index (χ0) is 17.8. The van der Waals surface area contributed by atoms with E-state index in [9.17, 15) is 14.4 Å². The number of hydrogen-bond acceptors (Lipinski definition) is 6. The largest absolute Gasteiger partial charge is 0.481 e. The second-order valence-corrected chi connectivity index (χ2v) is 7.91. The van der Waals surface area contributed by atoms with Crippen LogP contribution in [-0.4, -0.2) is 50.1 Å². The van der Waals surface area contributed by atoms with E-state index in [1.165, 1.54) is 33.6 Å². The molecule has 1 N–H and O–H groups in total. The van der Waals surface area contributed by atoms with Crippen molar-refractivity contribution in [3.63, 3.8) is 0 Å². The highest BCUT2D eigenvalue weighted by Crippen LogP contribution is 2.21. The first kappa shape index (κ1) is 17.9. The van der Waals surface area contributed by atoms with Gasteiger partial charge in [-0.05, 0) is 18.8 Å². The molecule has 1 fully saturated rings. The van der Waals surface area contributed by atoms with E-state index in [0.717, 1.165) is 12.8 Å². The van der Waals surface area contributed by atoms with Crippen molar-refractivity contribution in [1.82, 2.24) is 14.3 Å². The smallest absolute Gasteiger partial charge is 0.303 e. The van der Waals surface area contributed by atoms with Crippen molar-refractivity contribution in [2.24, 2.45) is 5.92 Å². The lowest BCUT2D eigenvalue weighted by molar-refractivity contribution is -0.138. The minimum atomic E-state index is -0.772. The normalized spacial score (nSPS) is 15.6. The summed E-state index contributed by atoms with van der Waals surface area (Å²) in [5, 5.41) is 10.6. The van der Waals surface area contributed by atoms with Crippen molar-refractivity contribution in [3.8, 4) is 0 Å². The summed E-state index contributed by atoms with van der Waals surface area (Å²) >= 11 is 2.86. The first-order valence-corrected chi connectivity index (χ1v) is 10.1. The monoisotopic (exact) mass is 381 g/mol. The SMILES string of the molecule is O=C(O)CC1CCN(C(=O)CSCc2cc(=O)n3ccsc3n2)CC1. The van der Waals surface area contributed by atoms with Gasteiger partial charge < -0.3 is 10.0 Å². The van der Waals surface area contributed by atoms with E-state index in [0.29, 0.717) is 35.3 Å². The Bertz CT molecular complexity index is 824. The lowest BCUT2D eigenvalue weighted by atomic mass is 9.94. The summed E-state index contributed by atoms with van der Waals surface area (Å²) in [7, 11) is 0. The first-order chi connectivity index (χ1) is 12.0. The highest BCUT2D eigenvalue weighted by atomic mass is 32.2. The fourth-order valence-electron chi connectivity index (χ4n) is 2.93. The van der Waals surface area contributed by atoms with Gasteiger partial charge in [-0.1, -0.05) is 0 Å². The molecule has 25 heavy (non-hydrogen) atoms. The van der Waals surface area contributed by atoms with E-state index in [1.807, 2.05) is 5.38 Å². The molecular weight excluding hydrogens is 362 g/mol. The van der Waals surface area contributed by atoms with Crippen LogP contribution in [0.5, 0.6) is 0 Å². The van der Waals surface area contributed by atoms with Gasteiger partial charge in [-0.25, -0.2) is 4.98 Å². The number of fused-ring (bicyclic) bond motifs is 1. The number of amides is 1. The van der Waals surface area contributed by atoms with Gasteiger partial charge in [-0.15, -0.1) is 23.1 Å². The van der Waals surface area contributed by atoms with Crippen LogP contribution >= 0.6 is 23.1 Å². The fourth-order valence-corrected chi connectivity index (χ4v) is 4.48. The number of likely N-dealkylation sites (tertiary alicyclic amines) is 1. The second-order valence-electron chi connectivity index (χ2n) is 6.06.